The number of hydrogen-bond acceptors (Lipinski definition) is 4. The molecule has 0 saturated carbocycles. The summed E-state index contributed by atoms with van der Waals surface area (Å²) in [5.74, 6) is 0.873. The molecule has 1 aromatic heterocycles. The van der Waals surface area contributed by atoms with Crippen LogP contribution >= 0.6 is 11.3 Å². The van der Waals surface area contributed by atoms with Gasteiger partial charge in [-0.25, -0.2) is 4.98 Å². The van der Waals surface area contributed by atoms with Crippen molar-refractivity contribution in [1.29, 1.82) is 0 Å². The Balaban J connectivity index is 2.23. The number of ether oxygens (including phenoxy) is 1. The van der Waals surface area contributed by atoms with E-state index in [9.17, 15) is 0 Å². The number of anilines is 1. The monoisotopic (exact) mass is 234 g/mol. The Labute approximate surface area is 98.9 Å². The van der Waals surface area contributed by atoms with Gasteiger partial charge in [0.05, 0.1) is 12.8 Å². The zero-order valence-electron chi connectivity index (χ0n) is 9.36. The third-order valence-electron chi connectivity index (χ3n) is 2.41. The number of nitrogen functional groups attached to an aromatic ring is 1. The maximum atomic E-state index is 5.67. The first-order chi connectivity index (χ1) is 7.69. The van der Waals surface area contributed by atoms with Gasteiger partial charge in [-0.3, -0.25) is 0 Å². The van der Waals surface area contributed by atoms with Crippen LogP contribution in [0.4, 0.5) is 5.13 Å². The van der Waals surface area contributed by atoms with Gasteiger partial charge >= 0.3 is 0 Å². The van der Waals surface area contributed by atoms with E-state index in [1.807, 2.05) is 25.1 Å². The average Bonchev–Trinajstić information content (AvgIpc) is 2.58. The molecule has 0 amide bonds. The predicted molar refractivity (Wildman–Crippen MR) is 67.1 cm³/mol. The lowest BCUT2D eigenvalue weighted by molar-refractivity contribution is 0.414. The Bertz CT molecular complexity index is 494. The molecule has 0 fully saturated rings. The Morgan fingerprint density at radius 3 is 2.88 bits per heavy atom. The molecule has 0 unspecified atom stereocenters. The molecule has 0 aliphatic rings. The number of aromatic nitrogens is 1. The largest absolute Gasteiger partial charge is 0.497 e. The smallest absolute Gasteiger partial charge is 0.180 e. The summed E-state index contributed by atoms with van der Waals surface area (Å²) in [6.45, 7) is 2.05. The Hall–Kier alpha value is -1.55. The molecule has 1 aromatic carbocycles. The van der Waals surface area contributed by atoms with E-state index in [4.69, 9.17) is 10.5 Å². The highest BCUT2D eigenvalue weighted by atomic mass is 32.1. The fourth-order valence-electron chi connectivity index (χ4n) is 1.59. The molecule has 2 rings (SSSR count). The molecule has 0 bridgehead atoms. The number of benzene rings is 1. The van der Waals surface area contributed by atoms with Crippen molar-refractivity contribution in [2.75, 3.05) is 12.8 Å². The molecule has 84 valence electrons. The molecule has 16 heavy (non-hydrogen) atoms. The zero-order valence-corrected chi connectivity index (χ0v) is 10.2. The SMILES string of the molecule is COc1cccc(Cc2nc(N)sc2C)c1. The average molecular weight is 234 g/mol. The first kappa shape index (κ1) is 11.0. The van der Waals surface area contributed by atoms with Crippen LogP contribution in [0.2, 0.25) is 0 Å². The molecular formula is C12H14N2OS. The summed E-state index contributed by atoms with van der Waals surface area (Å²) in [7, 11) is 1.67. The van der Waals surface area contributed by atoms with E-state index >= 15 is 0 Å². The fourth-order valence-corrected chi connectivity index (χ4v) is 2.30. The van der Waals surface area contributed by atoms with Crippen LogP contribution in [-0.4, -0.2) is 12.1 Å². The van der Waals surface area contributed by atoms with Crippen molar-refractivity contribution in [2.45, 2.75) is 13.3 Å². The van der Waals surface area contributed by atoms with Crippen LogP contribution in [-0.2, 0) is 6.42 Å². The lowest BCUT2D eigenvalue weighted by atomic mass is 10.1. The second-order valence-corrected chi connectivity index (χ2v) is 4.82. The maximum Gasteiger partial charge on any atom is 0.180 e. The molecule has 2 N–H and O–H groups in total. The van der Waals surface area contributed by atoms with Crippen LogP contribution in [0.3, 0.4) is 0 Å². The Morgan fingerprint density at radius 2 is 2.25 bits per heavy atom. The molecule has 0 aliphatic heterocycles. The molecule has 0 aliphatic carbocycles. The van der Waals surface area contributed by atoms with E-state index in [1.165, 1.54) is 21.8 Å². The van der Waals surface area contributed by atoms with Crippen molar-refractivity contribution in [3.05, 3.63) is 40.4 Å². The third kappa shape index (κ3) is 2.33. The van der Waals surface area contributed by atoms with Crippen LogP contribution in [0.5, 0.6) is 5.75 Å². The minimum atomic E-state index is 0.635. The Kier molecular flexibility index (Phi) is 3.10. The molecular weight excluding hydrogens is 220 g/mol. The minimum Gasteiger partial charge on any atom is -0.497 e. The summed E-state index contributed by atoms with van der Waals surface area (Å²) in [5.41, 5.74) is 7.91. The van der Waals surface area contributed by atoms with Gasteiger partial charge in [0.15, 0.2) is 5.13 Å². The summed E-state index contributed by atoms with van der Waals surface area (Å²) >= 11 is 1.53. The van der Waals surface area contributed by atoms with Gasteiger partial charge in [-0.15, -0.1) is 11.3 Å². The zero-order chi connectivity index (χ0) is 11.5. The summed E-state index contributed by atoms with van der Waals surface area (Å²) < 4.78 is 5.19. The van der Waals surface area contributed by atoms with Gasteiger partial charge in [0.2, 0.25) is 0 Å². The number of nitrogens with two attached hydrogens (primary N) is 1. The van der Waals surface area contributed by atoms with Gasteiger partial charge in [-0.1, -0.05) is 12.1 Å². The van der Waals surface area contributed by atoms with Gasteiger partial charge in [0, 0.05) is 11.3 Å². The van der Waals surface area contributed by atoms with Crippen LogP contribution in [0.15, 0.2) is 24.3 Å². The van der Waals surface area contributed by atoms with Crippen molar-refractivity contribution in [3.8, 4) is 5.75 Å². The molecule has 0 spiro atoms. The summed E-state index contributed by atoms with van der Waals surface area (Å²) in [6.07, 6.45) is 0.802. The lowest BCUT2D eigenvalue weighted by Crippen LogP contribution is -1.92. The van der Waals surface area contributed by atoms with Gasteiger partial charge < -0.3 is 10.5 Å². The van der Waals surface area contributed by atoms with Crippen molar-refractivity contribution in [3.63, 3.8) is 0 Å². The molecule has 3 nitrogen and oxygen atoms in total. The number of rotatable bonds is 3. The number of hydrogen-bond donors (Lipinski definition) is 1. The van der Waals surface area contributed by atoms with E-state index in [2.05, 4.69) is 11.1 Å². The normalized spacial score (nSPS) is 10.4. The Morgan fingerprint density at radius 1 is 1.44 bits per heavy atom. The number of thiazole rings is 1. The summed E-state index contributed by atoms with van der Waals surface area (Å²) in [6, 6.07) is 8.01. The van der Waals surface area contributed by atoms with E-state index < -0.39 is 0 Å². The van der Waals surface area contributed by atoms with Crippen LogP contribution < -0.4 is 10.5 Å². The van der Waals surface area contributed by atoms with Crippen molar-refractivity contribution >= 4 is 16.5 Å². The third-order valence-corrected chi connectivity index (χ3v) is 3.26. The van der Waals surface area contributed by atoms with Crippen molar-refractivity contribution < 1.29 is 4.74 Å². The van der Waals surface area contributed by atoms with Crippen molar-refractivity contribution in [2.24, 2.45) is 0 Å². The fraction of sp³-hybridized carbons (Fsp3) is 0.250. The van der Waals surface area contributed by atoms with Gasteiger partial charge in [0.1, 0.15) is 5.75 Å². The second kappa shape index (κ2) is 4.53. The molecule has 0 radical (unpaired) electrons. The second-order valence-electron chi connectivity index (χ2n) is 3.58. The van der Waals surface area contributed by atoms with Gasteiger partial charge in [-0.2, -0.15) is 0 Å². The topological polar surface area (TPSA) is 48.1 Å². The number of aryl methyl sites for hydroxylation is 1. The maximum absolute atomic E-state index is 5.67. The molecule has 0 atom stereocenters. The number of methoxy groups -OCH3 is 1. The van der Waals surface area contributed by atoms with Crippen LogP contribution in [0, 0.1) is 6.92 Å². The minimum absolute atomic E-state index is 0.635. The molecule has 0 saturated heterocycles. The standard InChI is InChI=1S/C12H14N2OS/c1-8-11(14-12(13)16-8)7-9-4-3-5-10(6-9)15-2/h3-6H,7H2,1-2H3,(H2,13,14). The van der Waals surface area contributed by atoms with Crippen LogP contribution in [0.25, 0.3) is 0 Å². The molecule has 4 heteroatoms. The van der Waals surface area contributed by atoms with Gasteiger partial charge in [-0.05, 0) is 24.6 Å². The number of nitrogens with zero attached hydrogens (tertiary/aromatic N) is 1. The summed E-state index contributed by atoms with van der Waals surface area (Å²) in [4.78, 5) is 5.50. The highest BCUT2D eigenvalue weighted by Crippen LogP contribution is 2.23. The van der Waals surface area contributed by atoms with Crippen molar-refractivity contribution in [1.82, 2.24) is 4.98 Å². The van der Waals surface area contributed by atoms with E-state index in [1.54, 1.807) is 7.11 Å². The van der Waals surface area contributed by atoms with E-state index in [0.29, 0.717) is 5.13 Å². The highest BCUT2D eigenvalue weighted by molar-refractivity contribution is 7.15. The molecule has 2 aromatic rings. The predicted octanol–water partition coefficient (Wildman–Crippen LogP) is 2.63. The first-order valence-electron chi connectivity index (χ1n) is 5.03. The first-order valence-corrected chi connectivity index (χ1v) is 5.85. The van der Waals surface area contributed by atoms with Gasteiger partial charge in [0.25, 0.3) is 0 Å². The lowest BCUT2D eigenvalue weighted by Gasteiger charge is -2.03. The van der Waals surface area contributed by atoms with E-state index in [-0.39, 0.29) is 0 Å². The highest BCUT2D eigenvalue weighted by Gasteiger charge is 2.06. The summed E-state index contributed by atoms with van der Waals surface area (Å²) in [5, 5.41) is 0.635. The van der Waals surface area contributed by atoms with Crippen LogP contribution in [0.1, 0.15) is 16.1 Å². The molecule has 1 heterocycles. The quantitative estimate of drug-likeness (QED) is 0.888. The van der Waals surface area contributed by atoms with E-state index in [0.717, 1.165) is 17.9 Å².